The van der Waals surface area contributed by atoms with Crippen molar-refractivity contribution < 1.29 is 4.42 Å². The van der Waals surface area contributed by atoms with Gasteiger partial charge in [-0.2, -0.15) is 0 Å². The van der Waals surface area contributed by atoms with Gasteiger partial charge in [0.2, 0.25) is 0 Å². The van der Waals surface area contributed by atoms with E-state index in [2.05, 4.69) is 58.6 Å². The highest BCUT2D eigenvalue weighted by Crippen LogP contribution is 2.18. The smallest absolute Gasteiger partial charge is 0.191 e. The fourth-order valence-electron chi connectivity index (χ4n) is 2.78. The van der Waals surface area contributed by atoms with Crippen LogP contribution in [0.4, 0.5) is 0 Å². The number of guanidine groups is 1. The van der Waals surface area contributed by atoms with Crippen molar-refractivity contribution in [2.24, 2.45) is 4.99 Å². The van der Waals surface area contributed by atoms with Gasteiger partial charge in [-0.3, -0.25) is 9.89 Å². The van der Waals surface area contributed by atoms with E-state index in [0.717, 1.165) is 24.8 Å². The molecule has 0 fully saturated rings. The Labute approximate surface area is 151 Å². The minimum atomic E-state index is 0.155. The third-order valence-corrected chi connectivity index (χ3v) is 4.37. The fraction of sp³-hybridized carbons (Fsp3) is 0.450. The molecule has 0 saturated carbocycles. The standard InChI is InChI=1S/C20H30N4O/c1-15-8-6-9-17(12-15)16(2)13-22-20(21-3)23-14-18(24(4)5)19-10-7-11-25-19/h6-12,16,18H,13-14H2,1-5H3,(H2,21,22,23). The molecule has 2 rings (SSSR count). The zero-order chi connectivity index (χ0) is 18.2. The summed E-state index contributed by atoms with van der Waals surface area (Å²) in [5.74, 6) is 2.16. The second kappa shape index (κ2) is 9.28. The summed E-state index contributed by atoms with van der Waals surface area (Å²) in [6.07, 6.45) is 1.71. The highest BCUT2D eigenvalue weighted by atomic mass is 16.3. The Morgan fingerprint density at radius 3 is 2.52 bits per heavy atom. The Hall–Kier alpha value is -2.27. The van der Waals surface area contributed by atoms with E-state index in [1.807, 2.05) is 26.2 Å². The summed E-state index contributed by atoms with van der Waals surface area (Å²) in [4.78, 5) is 6.46. The molecule has 1 heterocycles. The summed E-state index contributed by atoms with van der Waals surface area (Å²) in [6, 6.07) is 12.7. The van der Waals surface area contributed by atoms with Crippen molar-refractivity contribution in [3.8, 4) is 0 Å². The molecule has 5 nitrogen and oxygen atoms in total. The molecule has 0 amide bonds. The number of furan rings is 1. The van der Waals surface area contributed by atoms with Crippen LogP contribution in [-0.4, -0.2) is 45.1 Å². The number of aryl methyl sites for hydroxylation is 1. The Bertz CT molecular complexity index is 664. The van der Waals surface area contributed by atoms with E-state index in [4.69, 9.17) is 4.42 Å². The quantitative estimate of drug-likeness (QED) is 0.599. The van der Waals surface area contributed by atoms with Crippen molar-refractivity contribution in [3.05, 3.63) is 59.5 Å². The van der Waals surface area contributed by atoms with Crippen molar-refractivity contribution in [1.82, 2.24) is 15.5 Å². The van der Waals surface area contributed by atoms with Crippen LogP contribution in [0.25, 0.3) is 0 Å². The zero-order valence-corrected chi connectivity index (χ0v) is 15.9. The summed E-state index contributed by atoms with van der Waals surface area (Å²) < 4.78 is 5.55. The van der Waals surface area contributed by atoms with Crippen LogP contribution < -0.4 is 10.6 Å². The predicted octanol–water partition coefficient (Wildman–Crippen LogP) is 3.16. The number of rotatable bonds is 7. The summed E-state index contributed by atoms with van der Waals surface area (Å²) >= 11 is 0. The van der Waals surface area contributed by atoms with Crippen LogP contribution in [0.2, 0.25) is 0 Å². The Kier molecular flexibility index (Phi) is 7.07. The van der Waals surface area contributed by atoms with Gasteiger partial charge in [0.15, 0.2) is 5.96 Å². The highest BCUT2D eigenvalue weighted by Gasteiger charge is 2.17. The van der Waals surface area contributed by atoms with E-state index >= 15 is 0 Å². The maximum absolute atomic E-state index is 5.55. The monoisotopic (exact) mass is 342 g/mol. The minimum absolute atomic E-state index is 0.155. The van der Waals surface area contributed by atoms with Crippen LogP contribution in [0.15, 0.2) is 52.1 Å². The van der Waals surface area contributed by atoms with E-state index in [-0.39, 0.29) is 6.04 Å². The molecule has 1 aromatic heterocycles. The maximum atomic E-state index is 5.55. The summed E-state index contributed by atoms with van der Waals surface area (Å²) in [5.41, 5.74) is 2.63. The summed E-state index contributed by atoms with van der Waals surface area (Å²) in [5, 5.41) is 6.81. The maximum Gasteiger partial charge on any atom is 0.191 e. The van der Waals surface area contributed by atoms with Gasteiger partial charge in [-0.15, -0.1) is 0 Å². The number of aliphatic imine (C=N–C) groups is 1. The highest BCUT2D eigenvalue weighted by molar-refractivity contribution is 5.79. The van der Waals surface area contributed by atoms with Crippen LogP contribution in [0, 0.1) is 6.92 Å². The average Bonchev–Trinajstić information content (AvgIpc) is 3.11. The van der Waals surface area contributed by atoms with Gasteiger partial charge >= 0.3 is 0 Å². The van der Waals surface area contributed by atoms with E-state index in [1.54, 1.807) is 13.3 Å². The number of nitrogens with one attached hydrogen (secondary N) is 2. The van der Waals surface area contributed by atoms with E-state index in [9.17, 15) is 0 Å². The number of nitrogens with zero attached hydrogens (tertiary/aromatic N) is 2. The zero-order valence-electron chi connectivity index (χ0n) is 15.9. The van der Waals surface area contributed by atoms with Crippen LogP contribution in [0.1, 0.15) is 35.8 Å². The van der Waals surface area contributed by atoms with Gasteiger partial charge in [-0.05, 0) is 44.6 Å². The normalized spacial score (nSPS) is 14.4. The average molecular weight is 342 g/mol. The fourth-order valence-corrected chi connectivity index (χ4v) is 2.78. The Morgan fingerprint density at radius 1 is 1.16 bits per heavy atom. The van der Waals surface area contributed by atoms with E-state index in [0.29, 0.717) is 5.92 Å². The second-order valence-electron chi connectivity index (χ2n) is 6.64. The predicted molar refractivity (Wildman–Crippen MR) is 104 cm³/mol. The first-order valence-electron chi connectivity index (χ1n) is 8.72. The number of hydrogen-bond acceptors (Lipinski definition) is 3. The van der Waals surface area contributed by atoms with Crippen LogP contribution >= 0.6 is 0 Å². The van der Waals surface area contributed by atoms with Crippen molar-refractivity contribution in [2.75, 3.05) is 34.2 Å². The lowest BCUT2D eigenvalue weighted by molar-refractivity contribution is 0.258. The van der Waals surface area contributed by atoms with Crippen LogP contribution in [-0.2, 0) is 0 Å². The molecule has 1 aromatic carbocycles. The van der Waals surface area contributed by atoms with Crippen molar-refractivity contribution in [3.63, 3.8) is 0 Å². The van der Waals surface area contributed by atoms with Gasteiger partial charge in [-0.25, -0.2) is 0 Å². The third kappa shape index (κ3) is 5.64. The SMILES string of the molecule is CN=C(NCC(C)c1cccc(C)c1)NCC(c1ccco1)N(C)C. The van der Waals surface area contributed by atoms with Gasteiger partial charge in [0.25, 0.3) is 0 Å². The number of likely N-dealkylation sites (N-methyl/N-ethyl adjacent to an activating group) is 1. The van der Waals surface area contributed by atoms with Gasteiger partial charge in [0.1, 0.15) is 5.76 Å². The molecule has 0 aliphatic heterocycles. The molecule has 2 N–H and O–H groups in total. The van der Waals surface area contributed by atoms with Gasteiger partial charge in [0.05, 0.1) is 12.3 Å². The lowest BCUT2D eigenvalue weighted by Crippen LogP contribution is -2.42. The largest absolute Gasteiger partial charge is 0.468 e. The molecular weight excluding hydrogens is 312 g/mol. The molecular formula is C20H30N4O. The molecule has 136 valence electrons. The first-order chi connectivity index (χ1) is 12.0. The Balaban J connectivity index is 1.88. The topological polar surface area (TPSA) is 52.8 Å². The first kappa shape index (κ1) is 19.1. The first-order valence-corrected chi connectivity index (χ1v) is 8.72. The molecule has 5 heteroatoms. The van der Waals surface area contributed by atoms with E-state index in [1.165, 1.54) is 11.1 Å². The molecule has 0 radical (unpaired) electrons. The molecule has 0 aliphatic rings. The Morgan fingerprint density at radius 2 is 1.92 bits per heavy atom. The number of hydrogen-bond donors (Lipinski definition) is 2. The molecule has 0 bridgehead atoms. The summed E-state index contributed by atoms with van der Waals surface area (Å²) in [7, 11) is 5.89. The molecule has 25 heavy (non-hydrogen) atoms. The molecule has 2 aromatic rings. The molecule has 2 unspecified atom stereocenters. The van der Waals surface area contributed by atoms with Crippen molar-refractivity contribution >= 4 is 5.96 Å². The van der Waals surface area contributed by atoms with E-state index < -0.39 is 0 Å². The molecule has 2 atom stereocenters. The van der Waals surface area contributed by atoms with Crippen molar-refractivity contribution in [2.45, 2.75) is 25.8 Å². The number of benzene rings is 1. The lowest BCUT2D eigenvalue weighted by Gasteiger charge is -2.24. The lowest BCUT2D eigenvalue weighted by atomic mass is 9.99. The molecule has 0 aliphatic carbocycles. The van der Waals surface area contributed by atoms with Crippen LogP contribution in [0.3, 0.4) is 0 Å². The van der Waals surface area contributed by atoms with Gasteiger partial charge < -0.3 is 15.1 Å². The second-order valence-corrected chi connectivity index (χ2v) is 6.64. The van der Waals surface area contributed by atoms with Crippen molar-refractivity contribution in [1.29, 1.82) is 0 Å². The summed E-state index contributed by atoms with van der Waals surface area (Å²) in [6.45, 7) is 5.90. The molecule has 0 saturated heterocycles. The van der Waals surface area contributed by atoms with Gasteiger partial charge in [0, 0.05) is 20.1 Å². The molecule has 0 spiro atoms. The van der Waals surface area contributed by atoms with Gasteiger partial charge in [-0.1, -0.05) is 36.8 Å². The third-order valence-electron chi connectivity index (χ3n) is 4.37. The van der Waals surface area contributed by atoms with Crippen LogP contribution in [0.5, 0.6) is 0 Å². The minimum Gasteiger partial charge on any atom is -0.468 e.